The Bertz CT molecular complexity index is 1530. The third kappa shape index (κ3) is 7.16. The number of nitrogens with zero attached hydrogens (tertiary/aromatic N) is 6. The topological polar surface area (TPSA) is 106 Å². The molecule has 2 aromatic carbocycles. The number of amides is 1. The van der Waals surface area contributed by atoms with E-state index in [1.165, 1.54) is 37.7 Å². The van der Waals surface area contributed by atoms with E-state index in [4.69, 9.17) is 9.73 Å². The average Bonchev–Trinajstić information content (AvgIpc) is 3.03. The number of nitrogens with one attached hydrogen (secondary N) is 2. The molecule has 232 valence electrons. The lowest BCUT2D eigenvalue weighted by molar-refractivity contribution is -0.138. The molecule has 0 spiro atoms. The van der Waals surface area contributed by atoms with Gasteiger partial charge in [-0.15, -0.1) is 0 Å². The first kappa shape index (κ1) is 30.9. The normalized spacial score (nSPS) is 20.2. The molecule has 3 aliphatic heterocycles. The van der Waals surface area contributed by atoms with Crippen LogP contribution in [0.3, 0.4) is 0 Å². The van der Waals surface area contributed by atoms with Crippen molar-refractivity contribution in [3.8, 4) is 5.75 Å². The maximum Gasteiger partial charge on any atom is 0.420 e. The van der Waals surface area contributed by atoms with Crippen molar-refractivity contribution in [2.75, 3.05) is 43.9 Å². The number of hydrogen-bond donors (Lipinski definition) is 2. The predicted octanol–water partition coefficient (Wildman–Crippen LogP) is 5.59. The Balaban J connectivity index is 1.38. The zero-order chi connectivity index (χ0) is 31.3. The molecule has 3 heterocycles. The Kier molecular flexibility index (Phi) is 9.43. The monoisotopic (exact) mass is 608 g/mol. The molecular formula is C31H35F3N8O2. The standard InChI is InChI=1S/C31H35F3N8O2/c1-20-7-8-21(29(43)38-22-9-10-27(44-3)24(17-22)31(32,33)34)16-26(20)39-28(37-19-35-2)25-11-12-36-30(40-25)42-15-14-41-13-5-4-6-23(41)18-42/h7-10,12,16-17,19,23,39H,2,4-6,11,13-15,18H2,1,3H3,(H,38,43)/b28-25-,37-19?. The van der Waals surface area contributed by atoms with E-state index in [1.807, 2.05) is 13.1 Å². The Hall–Kier alpha value is -4.52. The van der Waals surface area contributed by atoms with E-state index in [0.29, 0.717) is 35.6 Å². The SMILES string of the molecule is C=NC=N/C(Nc1cc(C(=O)Nc2ccc(OC)c(C(F)(F)F)c2)ccc1C)=C1\CC=NC(N2CCN3CCCCC3C2)=N1. The zero-order valence-electron chi connectivity index (χ0n) is 24.7. The molecular weight excluding hydrogens is 573 g/mol. The second kappa shape index (κ2) is 13.4. The van der Waals surface area contributed by atoms with Gasteiger partial charge in [-0.05, 0) is 68.9 Å². The third-order valence-corrected chi connectivity index (χ3v) is 7.90. The summed E-state index contributed by atoms with van der Waals surface area (Å²) in [6.07, 6.45) is 2.56. The number of fused-ring (bicyclic) bond motifs is 1. The number of alkyl halides is 3. The van der Waals surface area contributed by atoms with Crippen LogP contribution in [0.15, 0.2) is 67.9 Å². The number of rotatable bonds is 7. The van der Waals surface area contributed by atoms with E-state index in [9.17, 15) is 18.0 Å². The van der Waals surface area contributed by atoms with Crippen molar-refractivity contribution >= 4 is 42.5 Å². The van der Waals surface area contributed by atoms with Crippen molar-refractivity contribution in [1.29, 1.82) is 0 Å². The van der Waals surface area contributed by atoms with Crippen LogP contribution in [0.5, 0.6) is 5.75 Å². The van der Waals surface area contributed by atoms with Crippen LogP contribution in [0.2, 0.25) is 0 Å². The van der Waals surface area contributed by atoms with E-state index < -0.39 is 17.6 Å². The summed E-state index contributed by atoms with van der Waals surface area (Å²) in [5.41, 5.74) is 1.27. The molecule has 2 saturated heterocycles. The van der Waals surface area contributed by atoms with Crippen LogP contribution in [-0.4, -0.2) is 80.3 Å². The molecule has 1 amide bonds. The van der Waals surface area contributed by atoms with E-state index in [1.54, 1.807) is 18.2 Å². The molecule has 2 aromatic rings. The summed E-state index contributed by atoms with van der Waals surface area (Å²) in [6, 6.07) is 8.82. The van der Waals surface area contributed by atoms with Gasteiger partial charge in [-0.2, -0.15) is 13.2 Å². The summed E-state index contributed by atoms with van der Waals surface area (Å²) in [7, 11) is 1.16. The van der Waals surface area contributed by atoms with Gasteiger partial charge >= 0.3 is 6.18 Å². The molecule has 1 atom stereocenters. The molecule has 0 aliphatic carbocycles. The minimum Gasteiger partial charge on any atom is -0.496 e. The molecule has 2 fully saturated rings. The fraction of sp³-hybridized carbons (Fsp3) is 0.387. The van der Waals surface area contributed by atoms with Gasteiger partial charge in [0.2, 0.25) is 5.96 Å². The largest absolute Gasteiger partial charge is 0.496 e. The fourth-order valence-corrected chi connectivity index (χ4v) is 5.56. The van der Waals surface area contributed by atoms with Crippen molar-refractivity contribution < 1.29 is 22.7 Å². The molecule has 44 heavy (non-hydrogen) atoms. The summed E-state index contributed by atoms with van der Waals surface area (Å²) < 4.78 is 45.3. The first-order chi connectivity index (χ1) is 21.2. The lowest BCUT2D eigenvalue weighted by Gasteiger charge is -2.44. The van der Waals surface area contributed by atoms with E-state index >= 15 is 0 Å². The number of hydrogen-bond acceptors (Lipinski definition) is 8. The Morgan fingerprint density at radius 3 is 2.75 bits per heavy atom. The van der Waals surface area contributed by atoms with Gasteiger partial charge in [0.15, 0.2) is 5.82 Å². The highest BCUT2D eigenvalue weighted by Gasteiger charge is 2.35. The van der Waals surface area contributed by atoms with Crippen LogP contribution < -0.4 is 15.4 Å². The van der Waals surface area contributed by atoms with Crippen LogP contribution in [0.4, 0.5) is 24.5 Å². The van der Waals surface area contributed by atoms with Crippen LogP contribution in [0.25, 0.3) is 0 Å². The van der Waals surface area contributed by atoms with Crippen LogP contribution in [-0.2, 0) is 6.18 Å². The fourth-order valence-electron chi connectivity index (χ4n) is 5.56. The second-order valence-electron chi connectivity index (χ2n) is 10.8. The summed E-state index contributed by atoms with van der Waals surface area (Å²) in [6.45, 7) is 9.18. The number of aryl methyl sites for hydroxylation is 1. The molecule has 2 N–H and O–H groups in total. The highest BCUT2D eigenvalue weighted by Crippen LogP contribution is 2.38. The van der Waals surface area contributed by atoms with Gasteiger partial charge in [0, 0.05) is 55.2 Å². The number of methoxy groups -OCH3 is 1. The van der Waals surface area contributed by atoms with Crippen molar-refractivity contribution in [3.05, 3.63) is 64.6 Å². The Morgan fingerprint density at radius 1 is 1.14 bits per heavy atom. The quantitative estimate of drug-likeness (QED) is 0.315. The second-order valence-corrected chi connectivity index (χ2v) is 10.8. The summed E-state index contributed by atoms with van der Waals surface area (Å²) in [5, 5.41) is 5.82. The summed E-state index contributed by atoms with van der Waals surface area (Å²) in [5.74, 6) is 0.147. The number of benzene rings is 2. The van der Waals surface area contributed by atoms with Crippen molar-refractivity contribution in [2.45, 2.75) is 44.8 Å². The van der Waals surface area contributed by atoms with E-state index in [-0.39, 0.29) is 17.0 Å². The first-order valence-electron chi connectivity index (χ1n) is 14.4. The van der Waals surface area contributed by atoms with Crippen LogP contribution >= 0.6 is 0 Å². The maximum atomic E-state index is 13.5. The lowest BCUT2D eigenvalue weighted by Crippen LogP contribution is -2.56. The third-order valence-electron chi connectivity index (χ3n) is 7.90. The van der Waals surface area contributed by atoms with Gasteiger partial charge in [0.1, 0.15) is 12.1 Å². The molecule has 13 heteroatoms. The molecule has 5 rings (SSSR count). The van der Waals surface area contributed by atoms with Crippen LogP contribution in [0, 0.1) is 6.92 Å². The number of guanidine groups is 1. The van der Waals surface area contributed by atoms with Gasteiger partial charge in [-0.25, -0.2) is 15.0 Å². The number of piperazine rings is 1. The maximum absolute atomic E-state index is 13.5. The predicted molar refractivity (Wildman–Crippen MR) is 167 cm³/mol. The van der Waals surface area contributed by atoms with E-state index in [0.717, 1.165) is 44.9 Å². The Morgan fingerprint density at radius 2 is 1.98 bits per heavy atom. The first-order valence-corrected chi connectivity index (χ1v) is 14.4. The minimum atomic E-state index is -4.64. The van der Waals surface area contributed by atoms with E-state index in [2.05, 4.69) is 42.1 Å². The highest BCUT2D eigenvalue weighted by molar-refractivity contribution is 6.05. The van der Waals surface area contributed by atoms with Gasteiger partial charge in [0.25, 0.3) is 5.91 Å². The molecule has 1 unspecified atom stereocenters. The zero-order valence-corrected chi connectivity index (χ0v) is 24.7. The summed E-state index contributed by atoms with van der Waals surface area (Å²) >= 11 is 0. The van der Waals surface area contributed by atoms with Crippen molar-refractivity contribution in [3.63, 3.8) is 0 Å². The summed E-state index contributed by atoms with van der Waals surface area (Å²) in [4.78, 5) is 35.5. The van der Waals surface area contributed by atoms with Gasteiger partial charge in [-0.1, -0.05) is 12.5 Å². The number of halogens is 3. The molecule has 0 radical (unpaired) electrons. The number of ether oxygens (including phenoxy) is 1. The van der Waals surface area contributed by atoms with Gasteiger partial charge in [-0.3, -0.25) is 14.7 Å². The number of anilines is 2. The smallest absolute Gasteiger partial charge is 0.420 e. The van der Waals surface area contributed by atoms with Crippen LogP contribution in [0.1, 0.15) is 47.2 Å². The van der Waals surface area contributed by atoms with Crippen molar-refractivity contribution in [1.82, 2.24) is 9.80 Å². The van der Waals surface area contributed by atoms with Gasteiger partial charge < -0.3 is 20.3 Å². The van der Waals surface area contributed by atoms with Gasteiger partial charge in [0.05, 0.1) is 18.4 Å². The number of piperidine rings is 1. The number of carbonyl (C=O) groups excluding carboxylic acids is 1. The number of carbonyl (C=O) groups is 1. The lowest BCUT2D eigenvalue weighted by atomic mass is 10.00. The number of aliphatic imine (C=N–C) groups is 4. The molecule has 0 aromatic heterocycles. The molecule has 3 aliphatic rings. The number of allylic oxidation sites excluding steroid dienone is 1. The van der Waals surface area contributed by atoms with Crippen molar-refractivity contribution in [2.24, 2.45) is 20.0 Å². The molecule has 0 bridgehead atoms. The highest BCUT2D eigenvalue weighted by atomic mass is 19.4. The molecule has 0 saturated carbocycles. The Labute approximate surface area is 254 Å². The average molecular weight is 609 g/mol. The minimum absolute atomic E-state index is 0.0138. The molecule has 10 nitrogen and oxygen atoms in total.